The average Bonchev–Trinajstić information content (AvgIpc) is 2.98. The van der Waals surface area contributed by atoms with Crippen molar-refractivity contribution in [3.63, 3.8) is 0 Å². The minimum atomic E-state index is -0.500. The molecule has 232 valence electrons. The first-order valence-corrected chi connectivity index (χ1v) is 14.6. The minimum absolute atomic E-state index is 0.146. The zero-order chi connectivity index (χ0) is 31.6. The Labute approximate surface area is 257 Å². The molecule has 1 aliphatic heterocycles. The third kappa shape index (κ3) is 8.63. The highest BCUT2D eigenvalue weighted by molar-refractivity contribution is 5.99. The number of fused-ring (bicyclic) bond motifs is 4. The molecular weight excluding hydrogens is 560 g/mol. The number of anilines is 4. The molecule has 1 aliphatic rings. The summed E-state index contributed by atoms with van der Waals surface area (Å²) in [5, 5.41) is 22.3. The highest BCUT2D eigenvalue weighted by Crippen LogP contribution is 2.29. The molecule has 0 saturated heterocycles. The Bertz CT molecular complexity index is 1410. The van der Waals surface area contributed by atoms with Gasteiger partial charge in [-0.05, 0) is 58.4 Å². The topological polar surface area (TPSA) is 165 Å². The van der Waals surface area contributed by atoms with Gasteiger partial charge in [-0.25, -0.2) is 19.2 Å². The number of hydrogen-bond acceptors (Lipinski definition) is 4. The van der Waals surface area contributed by atoms with Gasteiger partial charge >= 0.3 is 24.1 Å². The molecule has 0 aliphatic carbocycles. The molecule has 4 rings (SSSR count). The summed E-state index contributed by atoms with van der Waals surface area (Å²) in [6.07, 6.45) is 0. The summed E-state index contributed by atoms with van der Waals surface area (Å²) < 4.78 is 0. The van der Waals surface area contributed by atoms with E-state index in [2.05, 4.69) is 76.3 Å². The number of hydrogen-bond donors (Lipinski definition) is 8. The van der Waals surface area contributed by atoms with Crippen LogP contribution in [0.15, 0.2) is 60.7 Å². The van der Waals surface area contributed by atoms with Crippen LogP contribution in [0.25, 0.3) is 0 Å². The minimum Gasteiger partial charge on any atom is -0.336 e. The average molecular weight is 601 g/mol. The van der Waals surface area contributed by atoms with Crippen molar-refractivity contribution < 1.29 is 19.2 Å². The fraction of sp³-hybridized carbons (Fsp3) is 0.312. The molecule has 3 aromatic rings. The van der Waals surface area contributed by atoms with Crippen molar-refractivity contribution in [1.82, 2.24) is 21.3 Å². The second-order valence-electron chi connectivity index (χ2n) is 11.0. The van der Waals surface area contributed by atoms with Crippen LogP contribution in [0, 0.1) is 0 Å². The van der Waals surface area contributed by atoms with E-state index in [-0.39, 0.29) is 38.0 Å². The molecule has 12 nitrogen and oxygen atoms in total. The van der Waals surface area contributed by atoms with Crippen LogP contribution in [0.3, 0.4) is 0 Å². The van der Waals surface area contributed by atoms with E-state index in [1.54, 1.807) is 48.5 Å². The number of urea groups is 4. The van der Waals surface area contributed by atoms with Crippen LogP contribution in [0.1, 0.15) is 61.8 Å². The van der Waals surface area contributed by atoms with Gasteiger partial charge in [-0.3, -0.25) is 0 Å². The predicted molar refractivity (Wildman–Crippen MR) is 173 cm³/mol. The van der Waals surface area contributed by atoms with E-state index in [1.807, 2.05) is 6.07 Å². The van der Waals surface area contributed by atoms with Gasteiger partial charge in [-0.2, -0.15) is 0 Å². The summed E-state index contributed by atoms with van der Waals surface area (Å²) in [5.41, 5.74) is 5.73. The van der Waals surface area contributed by atoms with Crippen molar-refractivity contribution in [3.8, 4) is 0 Å². The largest absolute Gasteiger partial charge is 0.336 e. The third-order valence-electron chi connectivity index (χ3n) is 7.07. The van der Waals surface area contributed by atoms with E-state index in [0.717, 1.165) is 22.3 Å². The summed E-state index contributed by atoms with van der Waals surface area (Å²) in [7, 11) is 0. The zero-order valence-electron chi connectivity index (χ0n) is 25.4. The number of carbonyl (C=O) groups excluding carboxylic acids is 4. The third-order valence-corrected chi connectivity index (χ3v) is 7.07. The molecule has 44 heavy (non-hydrogen) atoms. The van der Waals surface area contributed by atoms with Gasteiger partial charge in [0.25, 0.3) is 0 Å². The van der Waals surface area contributed by atoms with Crippen LogP contribution >= 0.6 is 0 Å². The number of nitrogens with one attached hydrogen (secondary N) is 8. The zero-order valence-corrected chi connectivity index (χ0v) is 25.4. The normalized spacial score (nSPS) is 15.1. The highest BCUT2D eigenvalue weighted by atomic mass is 16.2. The first-order chi connectivity index (χ1) is 21.1. The van der Waals surface area contributed by atoms with Gasteiger partial charge in [0.15, 0.2) is 0 Å². The van der Waals surface area contributed by atoms with Crippen molar-refractivity contribution in [1.29, 1.82) is 0 Å². The Kier molecular flexibility index (Phi) is 10.6. The highest BCUT2D eigenvalue weighted by Gasteiger charge is 2.17. The van der Waals surface area contributed by atoms with Gasteiger partial charge in [0.1, 0.15) is 0 Å². The first-order valence-electron chi connectivity index (χ1n) is 14.6. The lowest BCUT2D eigenvalue weighted by molar-refractivity contribution is 0.248. The van der Waals surface area contributed by atoms with Gasteiger partial charge < -0.3 is 42.5 Å². The van der Waals surface area contributed by atoms with E-state index in [9.17, 15) is 19.2 Å². The maximum Gasteiger partial charge on any atom is 0.319 e. The molecule has 0 unspecified atom stereocenters. The van der Waals surface area contributed by atoms with Crippen molar-refractivity contribution in [2.45, 2.75) is 52.6 Å². The second-order valence-corrected chi connectivity index (χ2v) is 11.0. The van der Waals surface area contributed by atoms with E-state index in [1.165, 1.54) is 0 Å². The molecule has 0 spiro atoms. The summed E-state index contributed by atoms with van der Waals surface area (Å²) in [6, 6.07) is 16.0. The smallest absolute Gasteiger partial charge is 0.319 e. The number of benzene rings is 3. The molecule has 0 radical (unpaired) electrons. The Morgan fingerprint density at radius 2 is 0.795 bits per heavy atom. The van der Waals surface area contributed by atoms with E-state index >= 15 is 0 Å². The van der Waals surface area contributed by atoms with Crippen molar-refractivity contribution >= 4 is 46.9 Å². The molecule has 12 heteroatoms. The van der Waals surface area contributed by atoms with Crippen LogP contribution in [0.5, 0.6) is 0 Å². The first kappa shape index (κ1) is 31.7. The van der Waals surface area contributed by atoms with Crippen molar-refractivity contribution in [2.75, 3.05) is 34.4 Å². The Hall–Kier alpha value is -5.26. The van der Waals surface area contributed by atoms with Crippen LogP contribution < -0.4 is 42.5 Å². The van der Waals surface area contributed by atoms with Gasteiger partial charge in [-0.1, -0.05) is 64.1 Å². The second kappa shape index (κ2) is 14.8. The molecule has 2 bridgehead atoms. The monoisotopic (exact) mass is 600 g/mol. The van der Waals surface area contributed by atoms with Crippen LogP contribution in [0.2, 0.25) is 0 Å². The van der Waals surface area contributed by atoms with Crippen molar-refractivity contribution in [3.05, 3.63) is 82.9 Å². The quantitative estimate of drug-likeness (QED) is 0.186. The van der Waals surface area contributed by atoms with Gasteiger partial charge in [0.05, 0.1) is 22.7 Å². The fourth-order valence-electron chi connectivity index (χ4n) is 4.88. The predicted octanol–water partition coefficient (Wildman–Crippen LogP) is 5.83. The molecule has 0 atom stereocenters. The lowest BCUT2D eigenvalue weighted by Crippen LogP contribution is -2.38. The molecule has 0 fully saturated rings. The summed E-state index contributed by atoms with van der Waals surface area (Å²) >= 11 is 0. The molecule has 0 aromatic heterocycles. The molecule has 8 amide bonds. The number of rotatable bonds is 2. The molecular formula is C32H40N8O4. The van der Waals surface area contributed by atoms with E-state index in [4.69, 9.17) is 0 Å². The van der Waals surface area contributed by atoms with Crippen molar-refractivity contribution in [2.24, 2.45) is 0 Å². The SMILES string of the molecule is CC(C)c1cc(C(C)C)c2cc1CNC(=O)Nc1ccccc1NC(=O)NCCNC(=O)Nc1ccccc1NC(=O)NC2. The Morgan fingerprint density at radius 1 is 0.477 bits per heavy atom. The van der Waals surface area contributed by atoms with Crippen LogP contribution in [-0.4, -0.2) is 37.2 Å². The molecule has 1 heterocycles. The standard InChI is InChI=1S/C32H40N8O4/c1-19(2)23-16-24(20(3)4)22-15-21(23)17-35-31(43)39-27-11-7-5-9-25(27)37-29(41)33-13-14-34-30(42)38-26-10-6-8-12-28(26)40-32(44)36-18-22/h5-12,15-16,19-20H,13-14,17-18H2,1-4H3,(H2,33,37,41)(H2,34,38,42)(H2,35,39,43)(H2,36,40,44). The summed E-state index contributed by atoms with van der Waals surface area (Å²) in [5.74, 6) is 0.398. The number of amides is 8. The number of carbonyl (C=O) groups is 4. The van der Waals surface area contributed by atoms with Gasteiger partial charge in [-0.15, -0.1) is 0 Å². The lowest BCUT2D eigenvalue weighted by atomic mass is 9.87. The molecule has 0 saturated carbocycles. The molecule has 8 N–H and O–H groups in total. The molecule has 3 aromatic carbocycles. The maximum absolute atomic E-state index is 13.0. The Morgan fingerprint density at radius 3 is 1.11 bits per heavy atom. The van der Waals surface area contributed by atoms with Crippen LogP contribution in [0.4, 0.5) is 41.9 Å². The summed E-state index contributed by atoms with van der Waals surface area (Å²) in [6.45, 7) is 9.21. The van der Waals surface area contributed by atoms with Crippen LogP contribution in [-0.2, 0) is 13.1 Å². The van der Waals surface area contributed by atoms with Gasteiger partial charge in [0, 0.05) is 26.2 Å². The maximum atomic E-state index is 13.0. The lowest BCUT2D eigenvalue weighted by Gasteiger charge is -2.22. The Balaban J connectivity index is 1.64. The van der Waals surface area contributed by atoms with Gasteiger partial charge in [0.2, 0.25) is 0 Å². The fourth-order valence-corrected chi connectivity index (χ4v) is 4.88. The summed E-state index contributed by atoms with van der Waals surface area (Å²) in [4.78, 5) is 51.0. The van der Waals surface area contributed by atoms with E-state index in [0.29, 0.717) is 22.7 Å². The van der Waals surface area contributed by atoms with E-state index < -0.39 is 24.1 Å². The number of para-hydroxylation sites is 4.